The van der Waals surface area contributed by atoms with Gasteiger partial charge in [0.1, 0.15) is 11.3 Å². The Bertz CT molecular complexity index is 482. The highest BCUT2D eigenvalue weighted by Gasteiger charge is 2.26. The third kappa shape index (κ3) is 2.39. The van der Waals surface area contributed by atoms with Crippen molar-refractivity contribution in [3.8, 4) is 5.75 Å². The molecule has 0 fully saturated rings. The average molecular weight is 239 g/mol. The molecule has 0 aromatic heterocycles. The maximum atomic E-state index is 11.4. The maximum absolute atomic E-state index is 11.4. The number of rotatable bonds is 4. The number of hydrogen-bond donors (Lipinski definition) is 0. The van der Waals surface area contributed by atoms with Gasteiger partial charge >= 0.3 is 5.97 Å². The molecular weight excluding hydrogens is 230 g/mol. The van der Waals surface area contributed by atoms with Crippen LogP contribution in [0.1, 0.15) is 20.7 Å². The van der Waals surface area contributed by atoms with E-state index in [0.29, 0.717) is 6.29 Å². The molecule has 7 heteroatoms. The van der Waals surface area contributed by atoms with Gasteiger partial charge in [-0.3, -0.25) is 14.9 Å². The molecule has 0 unspecified atom stereocenters. The third-order valence-corrected chi connectivity index (χ3v) is 2.07. The van der Waals surface area contributed by atoms with Crippen LogP contribution >= 0.6 is 0 Å². The Labute approximate surface area is 96.1 Å². The second-order valence-electron chi connectivity index (χ2n) is 2.98. The summed E-state index contributed by atoms with van der Waals surface area (Å²) in [5.41, 5.74) is -1.06. The lowest BCUT2D eigenvalue weighted by atomic mass is 10.1. The number of nitro groups is 1. The standard InChI is InChI=1S/C10H9NO6/c1-16-7-3-6(5-12)9(10(13)17-2)8(4-7)11(14)15/h3-5H,1-2H3. The summed E-state index contributed by atoms with van der Waals surface area (Å²) < 4.78 is 9.20. The van der Waals surface area contributed by atoms with Crippen molar-refractivity contribution in [1.29, 1.82) is 0 Å². The number of hydrogen-bond acceptors (Lipinski definition) is 6. The number of esters is 1. The molecule has 1 rings (SSSR count). The highest BCUT2D eigenvalue weighted by molar-refractivity contribution is 6.02. The van der Waals surface area contributed by atoms with Gasteiger partial charge in [-0.25, -0.2) is 4.79 Å². The molecule has 0 amide bonds. The van der Waals surface area contributed by atoms with E-state index in [2.05, 4.69) is 4.74 Å². The zero-order valence-corrected chi connectivity index (χ0v) is 9.13. The van der Waals surface area contributed by atoms with Crippen molar-refractivity contribution in [3.05, 3.63) is 33.4 Å². The summed E-state index contributed by atoms with van der Waals surface area (Å²) in [6.45, 7) is 0. The van der Waals surface area contributed by atoms with Crippen LogP contribution in [-0.2, 0) is 4.74 Å². The van der Waals surface area contributed by atoms with E-state index in [1.54, 1.807) is 0 Å². The monoisotopic (exact) mass is 239 g/mol. The summed E-state index contributed by atoms with van der Waals surface area (Å²) in [5.74, 6) is -0.826. The largest absolute Gasteiger partial charge is 0.496 e. The van der Waals surface area contributed by atoms with Crippen molar-refractivity contribution < 1.29 is 24.0 Å². The second kappa shape index (κ2) is 5.06. The summed E-state index contributed by atoms with van der Waals surface area (Å²) >= 11 is 0. The highest BCUT2D eigenvalue weighted by atomic mass is 16.6. The normalized spacial score (nSPS) is 9.53. The van der Waals surface area contributed by atoms with E-state index in [1.165, 1.54) is 13.2 Å². The summed E-state index contributed by atoms with van der Waals surface area (Å²) in [6, 6.07) is 2.28. The van der Waals surface area contributed by atoms with Gasteiger partial charge in [0.15, 0.2) is 6.29 Å². The fourth-order valence-corrected chi connectivity index (χ4v) is 1.30. The minimum absolute atomic E-state index is 0.117. The van der Waals surface area contributed by atoms with Gasteiger partial charge < -0.3 is 9.47 Å². The Kier molecular flexibility index (Phi) is 3.76. The van der Waals surface area contributed by atoms with E-state index in [0.717, 1.165) is 13.2 Å². The van der Waals surface area contributed by atoms with Crippen molar-refractivity contribution in [2.75, 3.05) is 14.2 Å². The number of methoxy groups -OCH3 is 2. The number of nitro benzene ring substituents is 1. The lowest BCUT2D eigenvalue weighted by molar-refractivity contribution is -0.385. The molecule has 0 saturated carbocycles. The first-order chi connectivity index (χ1) is 8.04. The number of aldehydes is 1. The number of nitrogens with zero attached hydrogens (tertiary/aromatic N) is 1. The molecule has 0 N–H and O–H groups in total. The molecule has 7 nitrogen and oxygen atoms in total. The molecule has 0 radical (unpaired) electrons. The first kappa shape index (κ1) is 12.6. The first-order valence-corrected chi connectivity index (χ1v) is 4.45. The molecule has 0 heterocycles. The topological polar surface area (TPSA) is 95.7 Å². The van der Waals surface area contributed by atoms with Crippen LogP contribution in [0.15, 0.2) is 12.1 Å². The molecular formula is C10H9NO6. The van der Waals surface area contributed by atoms with Crippen molar-refractivity contribution >= 4 is 17.9 Å². The van der Waals surface area contributed by atoms with Crippen LogP contribution in [0, 0.1) is 10.1 Å². The second-order valence-corrected chi connectivity index (χ2v) is 2.98. The van der Waals surface area contributed by atoms with Gasteiger partial charge in [-0.1, -0.05) is 0 Å². The molecule has 1 aromatic rings. The molecule has 0 aliphatic rings. The summed E-state index contributed by atoms with van der Waals surface area (Å²) in [6.07, 6.45) is 0.335. The van der Waals surface area contributed by atoms with E-state index >= 15 is 0 Å². The Balaban J connectivity index is 3.57. The summed E-state index contributed by atoms with van der Waals surface area (Å²) in [4.78, 5) is 32.2. The van der Waals surface area contributed by atoms with Gasteiger partial charge in [0.05, 0.1) is 25.2 Å². The Hall–Kier alpha value is -2.44. The smallest absolute Gasteiger partial charge is 0.345 e. The van der Waals surface area contributed by atoms with Crippen LogP contribution in [0.5, 0.6) is 5.75 Å². The van der Waals surface area contributed by atoms with Gasteiger partial charge in [-0.15, -0.1) is 0 Å². The van der Waals surface area contributed by atoms with Crippen LogP contribution in [0.2, 0.25) is 0 Å². The molecule has 17 heavy (non-hydrogen) atoms. The predicted octanol–water partition coefficient (Wildman–Crippen LogP) is 1.20. The highest BCUT2D eigenvalue weighted by Crippen LogP contribution is 2.28. The van der Waals surface area contributed by atoms with E-state index < -0.39 is 16.6 Å². The van der Waals surface area contributed by atoms with Crippen molar-refractivity contribution in [2.45, 2.75) is 0 Å². The predicted molar refractivity (Wildman–Crippen MR) is 56.4 cm³/mol. The van der Waals surface area contributed by atoms with Crippen LogP contribution in [0.25, 0.3) is 0 Å². The molecule has 1 aromatic carbocycles. The molecule has 0 saturated heterocycles. The first-order valence-electron chi connectivity index (χ1n) is 4.45. The Morgan fingerprint density at radius 1 is 1.41 bits per heavy atom. The molecule has 0 aliphatic carbocycles. The zero-order valence-electron chi connectivity index (χ0n) is 9.13. The van der Waals surface area contributed by atoms with Crippen molar-refractivity contribution in [3.63, 3.8) is 0 Å². The minimum atomic E-state index is -0.943. The quantitative estimate of drug-likeness (QED) is 0.339. The van der Waals surface area contributed by atoms with E-state index in [4.69, 9.17) is 4.74 Å². The molecule has 0 atom stereocenters. The van der Waals surface area contributed by atoms with Crippen LogP contribution < -0.4 is 4.74 Å². The van der Waals surface area contributed by atoms with Gasteiger partial charge in [-0.2, -0.15) is 0 Å². The number of benzene rings is 1. The lowest BCUT2D eigenvalue weighted by Gasteiger charge is -2.06. The van der Waals surface area contributed by atoms with Crippen LogP contribution in [0.4, 0.5) is 5.69 Å². The molecule has 0 bridgehead atoms. The SMILES string of the molecule is COC(=O)c1c(C=O)cc(OC)cc1[N+](=O)[O-]. The summed E-state index contributed by atoms with van der Waals surface area (Å²) in [5, 5.41) is 10.8. The fourth-order valence-electron chi connectivity index (χ4n) is 1.30. The molecule has 0 spiro atoms. The zero-order chi connectivity index (χ0) is 13.0. The number of ether oxygens (including phenoxy) is 2. The van der Waals surface area contributed by atoms with Gasteiger partial charge in [0.25, 0.3) is 5.69 Å². The minimum Gasteiger partial charge on any atom is -0.496 e. The lowest BCUT2D eigenvalue weighted by Crippen LogP contribution is -2.09. The van der Waals surface area contributed by atoms with Gasteiger partial charge in [0, 0.05) is 5.56 Å². The third-order valence-electron chi connectivity index (χ3n) is 2.07. The average Bonchev–Trinajstić information content (AvgIpc) is 2.35. The maximum Gasteiger partial charge on any atom is 0.345 e. The Morgan fingerprint density at radius 2 is 2.06 bits per heavy atom. The van der Waals surface area contributed by atoms with Gasteiger partial charge in [-0.05, 0) is 6.07 Å². The van der Waals surface area contributed by atoms with E-state index in [1.807, 2.05) is 0 Å². The van der Waals surface area contributed by atoms with Crippen LogP contribution in [0.3, 0.4) is 0 Å². The van der Waals surface area contributed by atoms with Crippen molar-refractivity contribution in [2.24, 2.45) is 0 Å². The Morgan fingerprint density at radius 3 is 2.47 bits per heavy atom. The molecule has 90 valence electrons. The van der Waals surface area contributed by atoms with E-state index in [-0.39, 0.29) is 16.9 Å². The van der Waals surface area contributed by atoms with Gasteiger partial charge in [0.2, 0.25) is 0 Å². The summed E-state index contributed by atoms with van der Waals surface area (Å²) in [7, 11) is 2.37. The number of carbonyl (C=O) groups is 2. The molecule has 0 aliphatic heterocycles. The van der Waals surface area contributed by atoms with E-state index in [9.17, 15) is 19.7 Å². The number of carbonyl (C=O) groups excluding carboxylic acids is 2. The van der Waals surface area contributed by atoms with Crippen LogP contribution in [-0.4, -0.2) is 31.4 Å². The van der Waals surface area contributed by atoms with Crippen molar-refractivity contribution in [1.82, 2.24) is 0 Å². The fraction of sp³-hybridized carbons (Fsp3) is 0.200.